The van der Waals surface area contributed by atoms with Gasteiger partial charge >= 0.3 is 0 Å². The van der Waals surface area contributed by atoms with Crippen LogP contribution in [0.25, 0.3) is 0 Å². The molecule has 14 heavy (non-hydrogen) atoms. The molecule has 0 spiro atoms. The van der Waals surface area contributed by atoms with Crippen molar-refractivity contribution < 1.29 is 0 Å². The molecule has 1 saturated carbocycles. The molecule has 0 bridgehead atoms. The average Bonchev–Trinajstić information content (AvgIpc) is 2.62. The zero-order valence-electron chi connectivity index (χ0n) is 9.43. The van der Waals surface area contributed by atoms with Gasteiger partial charge in [0.1, 0.15) is 0 Å². The first kappa shape index (κ1) is 10.5. The summed E-state index contributed by atoms with van der Waals surface area (Å²) in [6.45, 7) is 2.58. The molecule has 82 valence electrons. The molecule has 1 saturated heterocycles. The summed E-state index contributed by atoms with van der Waals surface area (Å²) in [4.78, 5) is 0. The van der Waals surface area contributed by atoms with Crippen molar-refractivity contribution in [2.45, 2.75) is 57.8 Å². The molecule has 1 heteroatoms. The second-order valence-corrected chi connectivity index (χ2v) is 5.21. The molecular formula is C13H25N. The van der Waals surface area contributed by atoms with Crippen molar-refractivity contribution in [3.05, 3.63) is 0 Å². The van der Waals surface area contributed by atoms with Crippen molar-refractivity contribution in [3.63, 3.8) is 0 Å². The number of nitrogens with one attached hydrogen (secondary N) is 1. The predicted molar refractivity (Wildman–Crippen MR) is 61.4 cm³/mol. The maximum absolute atomic E-state index is 3.62. The Bertz CT molecular complexity index is 121. The van der Waals surface area contributed by atoms with Gasteiger partial charge in [-0.25, -0.2) is 0 Å². The minimum atomic E-state index is 1.01. The van der Waals surface area contributed by atoms with E-state index in [2.05, 4.69) is 5.32 Å². The van der Waals surface area contributed by atoms with Crippen LogP contribution in [-0.2, 0) is 0 Å². The quantitative estimate of drug-likeness (QED) is 0.633. The Labute approximate surface area is 88.7 Å². The fraction of sp³-hybridized carbons (Fsp3) is 1.00. The van der Waals surface area contributed by atoms with Crippen LogP contribution in [0.3, 0.4) is 0 Å². The molecule has 0 aromatic carbocycles. The van der Waals surface area contributed by atoms with Crippen LogP contribution < -0.4 is 5.32 Å². The average molecular weight is 195 g/mol. The van der Waals surface area contributed by atoms with Crippen LogP contribution in [0, 0.1) is 11.8 Å². The van der Waals surface area contributed by atoms with Gasteiger partial charge in [-0.2, -0.15) is 0 Å². The van der Waals surface area contributed by atoms with Gasteiger partial charge in [0.05, 0.1) is 0 Å². The van der Waals surface area contributed by atoms with Gasteiger partial charge < -0.3 is 5.32 Å². The summed E-state index contributed by atoms with van der Waals surface area (Å²) in [7, 11) is 0. The minimum absolute atomic E-state index is 1.01. The van der Waals surface area contributed by atoms with Gasteiger partial charge in [-0.15, -0.1) is 0 Å². The summed E-state index contributed by atoms with van der Waals surface area (Å²) >= 11 is 0. The second-order valence-electron chi connectivity index (χ2n) is 5.21. The third kappa shape index (κ3) is 2.98. The van der Waals surface area contributed by atoms with Crippen molar-refractivity contribution in [1.29, 1.82) is 0 Å². The van der Waals surface area contributed by atoms with Crippen LogP contribution in [0.4, 0.5) is 0 Å². The molecular weight excluding hydrogens is 170 g/mol. The van der Waals surface area contributed by atoms with Crippen LogP contribution in [0.15, 0.2) is 0 Å². The third-order valence-corrected chi connectivity index (χ3v) is 4.15. The molecule has 1 aliphatic carbocycles. The first-order valence-electron chi connectivity index (χ1n) is 6.67. The fourth-order valence-corrected chi connectivity index (χ4v) is 3.23. The topological polar surface area (TPSA) is 12.0 Å². The summed E-state index contributed by atoms with van der Waals surface area (Å²) in [6, 6.07) is 0. The second kappa shape index (κ2) is 5.75. The molecule has 2 aliphatic rings. The van der Waals surface area contributed by atoms with Crippen LogP contribution >= 0.6 is 0 Å². The van der Waals surface area contributed by atoms with E-state index in [1.54, 1.807) is 0 Å². The van der Waals surface area contributed by atoms with E-state index in [0.29, 0.717) is 0 Å². The van der Waals surface area contributed by atoms with E-state index >= 15 is 0 Å². The van der Waals surface area contributed by atoms with Gasteiger partial charge in [0.15, 0.2) is 0 Å². The molecule has 0 aromatic heterocycles. The van der Waals surface area contributed by atoms with E-state index in [1.807, 2.05) is 0 Å². The monoisotopic (exact) mass is 195 g/mol. The first-order chi connectivity index (χ1) is 6.97. The zero-order valence-corrected chi connectivity index (χ0v) is 9.43. The normalized spacial score (nSPS) is 32.1. The standard InChI is InChI=1S/C13H25N/c1-2-4-8-12(7-3-1)13-9-5-6-10-14-11-13/h12-14H,1-11H2. The highest BCUT2D eigenvalue weighted by atomic mass is 14.9. The molecule has 0 amide bonds. The van der Waals surface area contributed by atoms with Gasteiger partial charge in [-0.05, 0) is 37.8 Å². The van der Waals surface area contributed by atoms with Crippen molar-refractivity contribution in [3.8, 4) is 0 Å². The highest BCUT2D eigenvalue weighted by Crippen LogP contribution is 2.32. The predicted octanol–water partition coefficient (Wildman–Crippen LogP) is 3.35. The lowest BCUT2D eigenvalue weighted by Crippen LogP contribution is -2.26. The summed E-state index contributed by atoms with van der Waals surface area (Å²) in [5, 5.41) is 3.62. The largest absolute Gasteiger partial charge is 0.316 e. The van der Waals surface area contributed by atoms with Gasteiger partial charge in [0, 0.05) is 0 Å². The Morgan fingerprint density at radius 1 is 0.643 bits per heavy atom. The lowest BCUT2D eigenvalue weighted by molar-refractivity contribution is 0.281. The molecule has 1 N–H and O–H groups in total. The van der Waals surface area contributed by atoms with E-state index in [-0.39, 0.29) is 0 Å². The van der Waals surface area contributed by atoms with Gasteiger partial charge in [-0.1, -0.05) is 44.9 Å². The SMILES string of the molecule is C1CCCC(C2CCCCNC2)CC1. The van der Waals surface area contributed by atoms with E-state index in [1.165, 1.54) is 70.9 Å². The third-order valence-electron chi connectivity index (χ3n) is 4.15. The summed E-state index contributed by atoms with van der Waals surface area (Å²) in [5.41, 5.74) is 0. The Morgan fingerprint density at radius 2 is 1.29 bits per heavy atom. The molecule has 1 heterocycles. The lowest BCUT2D eigenvalue weighted by Gasteiger charge is -2.24. The van der Waals surface area contributed by atoms with Crippen LogP contribution in [0.1, 0.15) is 57.8 Å². The zero-order chi connectivity index (χ0) is 9.64. The van der Waals surface area contributed by atoms with Crippen molar-refractivity contribution in [2.24, 2.45) is 11.8 Å². The van der Waals surface area contributed by atoms with E-state index in [4.69, 9.17) is 0 Å². The number of hydrogen-bond donors (Lipinski definition) is 1. The van der Waals surface area contributed by atoms with Crippen molar-refractivity contribution >= 4 is 0 Å². The molecule has 0 aromatic rings. The molecule has 1 unspecified atom stereocenters. The Balaban J connectivity index is 1.83. The smallest absolute Gasteiger partial charge is 0.00179 e. The highest BCUT2D eigenvalue weighted by molar-refractivity contribution is 4.76. The minimum Gasteiger partial charge on any atom is -0.316 e. The van der Waals surface area contributed by atoms with E-state index < -0.39 is 0 Å². The lowest BCUT2D eigenvalue weighted by atomic mass is 9.83. The first-order valence-corrected chi connectivity index (χ1v) is 6.67. The number of rotatable bonds is 1. The summed E-state index contributed by atoms with van der Waals surface area (Å²) < 4.78 is 0. The molecule has 2 rings (SSSR count). The maximum Gasteiger partial charge on any atom is -0.00179 e. The Hall–Kier alpha value is -0.0400. The summed E-state index contributed by atoms with van der Waals surface area (Å²) in [6.07, 6.45) is 13.4. The fourth-order valence-electron chi connectivity index (χ4n) is 3.23. The van der Waals surface area contributed by atoms with Gasteiger partial charge in [0.25, 0.3) is 0 Å². The number of hydrogen-bond acceptors (Lipinski definition) is 1. The maximum atomic E-state index is 3.62. The summed E-state index contributed by atoms with van der Waals surface area (Å²) in [5.74, 6) is 2.07. The molecule has 1 aliphatic heterocycles. The van der Waals surface area contributed by atoms with Gasteiger partial charge in [-0.3, -0.25) is 0 Å². The van der Waals surface area contributed by atoms with Crippen LogP contribution in [0.5, 0.6) is 0 Å². The van der Waals surface area contributed by atoms with Crippen LogP contribution in [0.2, 0.25) is 0 Å². The highest BCUT2D eigenvalue weighted by Gasteiger charge is 2.23. The molecule has 1 nitrogen and oxygen atoms in total. The molecule has 2 fully saturated rings. The Kier molecular flexibility index (Phi) is 4.30. The Morgan fingerprint density at radius 3 is 2.07 bits per heavy atom. The van der Waals surface area contributed by atoms with E-state index in [9.17, 15) is 0 Å². The van der Waals surface area contributed by atoms with Crippen LogP contribution in [-0.4, -0.2) is 13.1 Å². The molecule has 0 radical (unpaired) electrons. The van der Waals surface area contributed by atoms with Gasteiger partial charge in [0.2, 0.25) is 0 Å². The molecule has 1 atom stereocenters. The van der Waals surface area contributed by atoms with Crippen molar-refractivity contribution in [1.82, 2.24) is 5.32 Å². The van der Waals surface area contributed by atoms with E-state index in [0.717, 1.165) is 11.8 Å². The van der Waals surface area contributed by atoms with Crippen molar-refractivity contribution in [2.75, 3.05) is 13.1 Å².